The molecular formula is C20H23NO2. The van der Waals surface area contributed by atoms with Crippen LogP contribution in [-0.4, -0.2) is 35.9 Å². The number of para-hydroxylation sites is 1. The van der Waals surface area contributed by atoms with Crippen molar-refractivity contribution < 1.29 is 9.53 Å². The fourth-order valence-electron chi connectivity index (χ4n) is 3.08. The van der Waals surface area contributed by atoms with Crippen LogP contribution < -0.4 is 4.74 Å². The van der Waals surface area contributed by atoms with Crippen LogP contribution in [0.2, 0.25) is 0 Å². The molecule has 0 radical (unpaired) electrons. The van der Waals surface area contributed by atoms with Crippen LogP contribution in [0.25, 0.3) is 0 Å². The lowest BCUT2D eigenvalue weighted by molar-refractivity contribution is 0.0629. The molecule has 0 amide bonds. The standard InChI is InChI=1S/C20H23NO2/c1-16(20(22)17-8-4-2-5-9-17)21-14-12-19(13-15-21)23-18-10-6-3-7-11-18/h2-11,16,19H,12-15H2,1H3. The van der Waals surface area contributed by atoms with Gasteiger partial charge in [0.2, 0.25) is 0 Å². The van der Waals surface area contributed by atoms with E-state index in [0.717, 1.165) is 37.2 Å². The molecule has 0 aliphatic carbocycles. The molecule has 23 heavy (non-hydrogen) atoms. The van der Waals surface area contributed by atoms with Crippen LogP contribution >= 0.6 is 0 Å². The molecule has 2 aromatic carbocycles. The Labute approximate surface area is 137 Å². The van der Waals surface area contributed by atoms with E-state index < -0.39 is 0 Å². The van der Waals surface area contributed by atoms with Crippen molar-refractivity contribution in [2.45, 2.75) is 31.9 Å². The fraction of sp³-hybridized carbons (Fsp3) is 0.350. The van der Waals surface area contributed by atoms with Crippen LogP contribution in [0, 0.1) is 0 Å². The molecule has 1 aliphatic rings. The van der Waals surface area contributed by atoms with Gasteiger partial charge in [-0.3, -0.25) is 9.69 Å². The maximum absolute atomic E-state index is 12.5. The fourth-order valence-corrected chi connectivity index (χ4v) is 3.08. The van der Waals surface area contributed by atoms with Crippen molar-refractivity contribution in [1.82, 2.24) is 4.90 Å². The maximum atomic E-state index is 12.5. The van der Waals surface area contributed by atoms with E-state index in [1.54, 1.807) is 0 Å². The lowest BCUT2D eigenvalue weighted by atomic mass is 10.0. The van der Waals surface area contributed by atoms with Gasteiger partial charge in [0.15, 0.2) is 5.78 Å². The van der Waals surface area contributed by atoms with Gasteiger partial charge < -0.3 is 4.74 Å². The molecule has 3 rings (SSSR count). The summed E-state index contributed by atoms with van der Waals surface area (Å²) in [4.78, 5) is 14.8. The van der Waals surface area contributed by atoms with Crippen molar-refractivity contribution in [3.05, 3.63) is 66.2 Å². The van der Waals surface area contributed by atoms with Crippen molar-refractivity contribution in [3.63, 3.8) is 0 Å². The molecule has 120 valence electrons. The number of hydrogen-bond donors (Lipinski definition) is 0. The van der Waals surface area contributed by atoms with E-state index in [1.807, 2.05) is 67.6 Å². The molecule has 0 bridgehead atoms. The number of ether oxygens (including phenoxy) is 1. The largest absolute Gasteiger partial charge is 0.490 e. The summed E-state index contributed by atoms with van der Waals surface area (Å²) in [6, 6.07) is 19.4. The molecule has 1 aliphatic heterocycles. The predicted octanol–water partition coefficient (Wildman–Crippen LogP) is 3.80. The summed E-state index contributed by atoms with van der Waals surface area (Å²) in [5.74, 6) is 1.13. The third-order valence-electron chi connectivity index (χ3n) is 4.51. The first-order valence-electron chi connectivity index (χ1n) is 8.29. The quantitative estimate of drug-likeness (QED) is 0.787. The Bertz CT molecular complexity index is 619. The summed E-state index contributed by atoms with van der Waals surface area (Å²) in [5.41, 5.74) is 0.794. The van der Waals surface area contributed by atoms with E-state index >= 15 is 0 Å². The zero-order valence-electron chi connectivity index (χ0n) is 13.5. The van der Waals surface area contributed by atoms with Gasteiger partial charge in [0.25, 0.3) is 0 Å². The molecule has 3 heteroatoms. The maximum Gasteiger partial charge on any atom is 0.179 e. The molecule has 0 N–H and O–H groups in total. The molecule has 1 atom stereocenters. The average molecular weight is 309 g/mol. The predicted molar refractivity (Wildman–Crippen MR) is 91.9 cm³/mol. The van der Waals surface area contributed by atoms with Gasteiger partial charge in [-0.05, 0) is 31.9 Å². The lowest BCUT2D eigenvalue weighted by Crippen LogP contribution is -2.46. The number of benzene rings is 2. The molecule has 2 aromatic rings. The lowest BCUT2D eigenvalue weighted by Gasteiger charge is -2.35. The Kier molecular flexibility index (Phi) is 5.09. The number of hydrogen-bond acceptors (Lipinski definition) is 3. The van der Waals surface area contributed by atoms with Gasteiger partial charge in [0, 0.05) is 18.7 Å². The van der Waals surface area contributed by atoms with E-state index in [4.69, 9.17) is 4.74 Å². The van der Waals surface area contributed by atoms with E-state index in [2.05, 4.69) is 4.90 Å². The van der Waals surface area contributed by atoms with Gasteiger partial charge >= 0.3 is 0 Å². The van der Waals surface area contributed by atoms with Gasteiger partial charge in [-0.15, -0.1) is 0 Å². The minimum absolute atomic E-state index is 0.0740. The van der Waals surface area contributed by atoms with Crippen molar-refractivity contribution in [1.29, 1.82) is 0 Å². The summed E-state index contributed by atoms with van der Waals surface area (Å²) in [6.45, 7) is 3.81. The second-order valence-corrected chi connectivity index (χ2v) is 6.07. The van der Waals surface area contributed by atoms with Crippen molar-refractivity contribution in [2.24, 2.45) is 0 Å². The molecular weight excluding hydrogens is 286 g/mol. The Morgan fingerprint density at radius 2 is 1.57 bits per heavy atom. The SMILES string of the molecule is CC(C(=O)c1ccccc1)N1CCC(Oc2ccccc2)CC1. The van der Waals surface area contributed by atoms with Crippen molar-refractivity contribution in [2.75, 3.05) is 13.1 Å². The molecule has 1 saturated heterocycles. The third kappa shape index (κ3) is 3.99. The van der Waals surface area contributed by atoms with Crippen LogP contribution in [0.5, 0.6) is 5.75 Å². The molecule has 1 heterocycles. The highest BCUT2D eigenvalue weighted by Gasteiger charge is 2.27. The molecule has 1 unspecified atom stereocenters. The Balaban J connectivity index is 1.53. The molecule has 0 aromatic heterocycles. The highest BCUT2D eigenvalue weighted by molar-refractivity contribution is 5.99. The van der Waals surface area contributed by atoms with Crippen LogP contribution in [0.1, 0.15) is 30.1 Å². The number of nitrogens with zero attached hydrogens (tertiary/aromatic N) is 1. The molecule has 3 nitrogen and oxygen atoms in total. The normalized spacial score (nSPS) is 17.6. The minimum atomic E-state index is -0.0740. The van der Waals surface area contributed by atoms with Gasteiger partial charge in [0.1, 0.15) is 11.9 Å². The highest BCUT2D eigenvalue weighted by Crippen LogP contribution is 2.21. The van der Waals surface area contributed by atoms with Gasteiger partial charge in [-0.1, -0.05) is 48.5 Å². The number of Topliss-reactive ketones (excluding diaryl/α,β-unsaturated/α-hetero) is 1. The highest BCUT2D eigenvalue weighted by atomic mass is 16.5. The Morgan fingerprint density at radius 3 is 2.17 bits per heavy atom. The summed E-state index contributed by atoms with van der Waals surface area (Å²) in [5, 5.41) is 0. The number of likely N-dealkylation sites (tertiary alicyclic amines) is 1. The molecule has 0 saturated carbocycles. The van der Waals surface area contributed by atoms with Gasteiger partial charge in [0.05, 0.1) is 6.04 Å². The van der Waals surface area contributed by atoms with Gasteiger partial charge in [-0.25, -0.2) is 0 Å². The second-order valence-electron chi connectivity index (χ2n) is 6.07. The first-order valence-corrected chi connectivity index (χ1v) is 8.29. The number of carbonyl (C=O) groups is 1. The molecule has 1 fully saturated rings. The van der Waals surface area contributed by atoms with Crippen molar-refractivity contribution in [3.8, 4) is 5.75 Å². The van der Waals surface area contributed by atoms with Crippen LogP contribution in [-0.2, 0) is 0 Å². The number of rotatable bonds is 5. The van der Waals surface area contributed by atoms with Crippen LogP contribution in [0.3, 0.4) is 0 Å². The first-order chi connectivity index (χ1) is 11.2. The van der Waals surface area contributed by atoms with Crippen LogP contribution in [0.15, 0.2) is 60.7 Å². The van der Waals surface area contributed by atoms with E-state index in [1.165, 1.54) is 0 Å². The topological polar surface area (TPSA) is 29.5 Å². The number of ketones is 1. The van der Waals surface area contributed by atoms with Gasteiger partial charge in [-0.2, -0.15) is 0 Å². The van der Waals surface area contributed by atoms with E-state index in [-0.39, 0.29) is 17.9 Å². The van der Waals surface area contributed by atoms with E-state index in [0.29, 0.717) is 0 Å². The third-order valence-corrected chi connectivity index (χ3v) is 4.51. The van der Waals surface area contributed by atoms with Crippen LogP contribution in [0.4, 0.5) is 0 Å². The summed E-state index contributed by atoms with van der Waals surface area (Å²) in [6.07, 6.45) is 2.16. The average Bonchev–Trinajstić information content (AvgIpc) is 2.63. The first kappa shape index (κ1) is 15.8. The minimum Gasteiger partial charge on any atom is -0.490 e. The zero-order chi connectivity index (χ0) is 16.1. The summed E-state index contributed by atoms with van der Waals surface area (Å²) < 4.78 is 6.02. The number of carbonyl (C=O) groups excluding carboxylic acids is 1. The number of piperidine rings is 1. The summed E-state index contributed by atoms with van der Waals surface area (Å²) >= 11 is 0. The smallest absolute Gasteiger partial charge is 0.179 e. The second kappa shape index (κ2) is 7.42. The molecule has 0 spiro atoms. The van der Waals surface area contributed by atoms with Crippen molar-refractivity contribution >= 4 is 5.78 Å². The Morgan fingerprint density at radius 1 is 1.00 bits per heavy atom. The summed E-state index contributed by atoms with van der Waals surface area (Å²) in [7, 11) is 0. The van der Waals surface area contributed by atoms with E-state index in [9.17, 15) is 4.79 Å². The zero-order valence-corrected chi connectivity index (χ0v) is 13.5. The Hall–Kier alpha value is -2.13. The monoisotopic (exact) mass is 309 g/mol.